The molecule has 0 aromatic carbocycles. The van der Waals surface area contributed by atoms with E-state index in [2.05, 4.69) is 14.4 Å². The lowest BCUT2D eigenvalue weighted by Gasteiger charge is -2.15. The highest BCUT2D eigenvalue weighted by molar-refractivity contribution is 7.91. The predicted octanol–water partition coefficient (Wildman–Crippen LogP) is 1.14. The highest BCUT2D eigenvalue weighted by atomic mass is 32.2. The van der Waals surface area contributed by atoms with Crippen LogP contribution in [0.15, 0.2) is 40.1 Å². The largest absolute Gasteiger partial charge is 0.468 e. The zero-order chi connectivity index (χ0) is 14.6. The van der Waals surface area contributed by atoms with Gasteiger partial charge in [-0.2, -0.15) is 4.72 Å². The summed E-state index contributed by atoms with van der Waals surface area (Å²) in [5.74, 6) is -0.625. The predicted molar refractivity (Wildman–Crippen MR) is 74.9 cm³/mol. The fraction of sp³-hybridized carbons (Fsp3) is 0.250. The van der Waals surface area contributed by atoms with Crippen LogP contribution in [0, 0.1) is 0 Å². The normalized spacial score (nSPS) is 13.1. The molecule has 0 fully saturated rings. The summed E-state index contributed by atoms with van der Waals surface area (Å²) in [7, 11) is -2.49. The Hall–Kier alpha value is -1.64. The van der Waals surface area contributed by atoms with Gasteiger partial charge in [-0.3, -0.25) is 4.79 Å². The highest BCUT2D eigenvalue weighted by Gasteiger charge is 2.27. The van der Waals surface area contributed by atoms with Crippen molar-refractivity contribution >= 4 is 27.3 Å². The van der Waals surface area contributed by atoms with Crippen molar-refractivity contribution < 1.29 is 17.9 Å². The second-order valence-corrected chi connectivity index (χ2v) is 6.92. The van der Waals surface area contributed by atoms with E-state index in [-0.39, 0.29) is 10.6 Å². The van der Waals surface area contributed by atoms with E-state index >= 15 is 0 Å². The lowest BCUT2D eigenvalue weighted by molar-refractivity contribution is -0.142. The minimum atomic E-state index is -3.72. The Morgan fingerprint density at radius 3 is 2.80 bits per heavy atom. The maximum Gasteiger partial charge on any atom is 0.324 e. The van der Waals surface area contributed by atoms with Gasteiger partial charge in [0.05, 0.1) is 7.11 Å². The highest BCUT2D eigenvalue weighted by Crippen LogP contribution is 2.16. The van der Waals surface area contributed by atoms with Crippen LogP contribution >= 0.6 is 11.3 Å². The van der Waals surface area contributed by atoms with Gasteiger partial charge in [0.1, 0.15) is 10.3 Å². The summed E-state index contributed by atoms with van der Waals surface area (Å²) in [5, 5.41) is 1.66. The van der Waals surface area contributed by atoms with Gasteiger partial charge < -0.3 is 9.72 Å². The van der Waals surface area contributed by atoms with E-state index in [4.69, 9.17) is 0 Å². The Balaban J connectivity index is 2.18. The summed E-state index contributed by atoms with van der Waals surface area (Å²) in [6.45, 7) is 0. The standard InChI is InChI=1S/C12H14N2O4S2/c1-18-12(15)10(8-9-4-2-6-13-9)14-20(16,17)11-5-3-7-19-11/h2-7,10,13-14H,8H2,1H3. The lowest BCUT2D eigenvalue weighted by atomic mass is 10.2. The van der Waals surface area contributed by atoms with Crippen LogP contribution in [0.2, 0.25) is 0 Å². The van der Waals surface area contributed by atoms with Gasteiger partial charge in [-0.1, -0.05) is 6.07 Å². The summed E-state index contributed by atoms with van der Waals surface area (Å²) in [6.07, 6.45) is 1.90. The molecule has 2 rings (SSSR count). The lowest BCUT2D eigenvalue weighted by Crippen LogP contribution is -2.42. The van der Waals surface area contributed by atoms with Crippen LogP contribution in [0.5, 0.6) is 0 Å². The molecule has 0 aliphatic heterocycles. The number of sulfonamides is 1. The van der Waals surface area contributed by atoms with Crippen molar-refractivity contribution in [2.45, 2.75) is 16.7 Å². The van der Waals surface area contributed by atoms with Crippen LogP contribution in [0.3, 0.4) is 0 Å². The van der Waals surface area contributed by atoms with Gasteiger partial charge >= 0.3 is 5.97 Å². The first-order chi connectivity index (χ1) is 9.53. The number of aromatic amines is 1. The van der Waals surface area contributed by atoms with E-state index in [0.717, 1.165) is 17.0 Å². The number of carbonyl (C=O) groups is 1. The number of rotatable bonds is 6. The van der Waals surface area contributed by atoms with Crippen molar-refractivity contribution in [1.29, 1.82) is 0 Å². The molecule has 108 valence electrons. The monoisotopic (exact) mass is 314 g/mol. The molecule has 0 aliphatic carbocycles. The van der Waals surface area contributed by atoms with Crippen LogP contribution in [-0.2, 0) is 26.0 Å². The van der Waals surface area contributed by atoms with E-state index in [1.54, 1.807) is 29.8 Å². The minimum Gasteiger partial charge on any atom is -0.468 e. The van der Waals surface area contributed by atoms with E-state index < -0.39 is 22.0 Å². The zero-order valence-corrected chi connectivity index (χ0v) is 12.3. The molecule has 20 heavy (non-hydrogen) atoms. The third-order valence-electron chi connectivity index (χ3n) is 2.63. The van der Waals surface area contributed by atoms with E-state index in [9.17, 15) is 13.2 Å². The van der Waals surface area contributed by atoms with E-state index in [0.29, 0.717) is 0 Å². The first kappa shape index (κ1) is 14.8. The second-order valence-electron chi connectivity index (χ2n) is 4.03. The number of ether oxygens (including phenoxy) is 1. The van der Waals surface area contributed by atoms with Crippen molar-refractivity contribution in [2.24, 2.45) is 0 Å². The van der Waals surface area contributed by atoms with Crippen LogP contribution in [0.25, 0.3) is 0 Å². The number of esters is 1. The van der Waals surface area contributed by atoms with Gasteiger partial charge in [0.25, 0.3) is 10.0 Å². The van der Waals surface area contributed by atoms with Crippen molar-refractivity contribution in [2.75, 3.05) is 7.11 Å². The quantitative estimate of drug-likeness (QED) is 0.783. The number of methoxy groups -OCH3 is 1. The fourth-order valence-corrected chi connectivity index (χ4v) is 3.89. The molecule has 0 amide bonds. The Bertz CT molecular complexity index is 648. The molecular weight excluding hydrogens is 300 g/mol. The number of aromatic nitrogens is 1. The van der Waals surface area contributed by atoms with E-state index in [1.165, 1.54) is 13.2 Å². The molecule has 1 unspecified atom stereocenters. The maximum absolute atomic E-state index is 12.1. The van der Waals surface area contributed by atoms with Crippen LogP contribution in [-0.4, -0.2) is 32.5 Å². The van der Waals surface area contributed by atoms with Gasteiger partial charge in [-0.25, -0.2) is 8.42 Å². The molecule has 2 heterocycles. The van der Waals surface area contributed by atoms with Crippen LogP contribution in [0.4, 0.5) is 0 Å². The van der Waals surface area contributed by atoms with Gasteiger partial charge in [0, 0.05) is 18.3 Å². The number of thiophene rings is 1. The van der Waals surface area contributed by atoms with Gasteiger partial charge in [-0.15, -0.1) is 11.3 Å². The molecule has 0 saturated heterocycles. The Morgan fingerprint density at radius 2 is 2.25 bits per heavy atom. The number of H-pyrrole nitrogens is 1. The molecule has 0 spiro atoms. The first-order valence-corrected chi connectivity index (χ1v) is 8.15. The average Bonchev–Trinajstić information content (AvgIpc) is 3.09. The molecule has 1 atom stereocenters. The van der Waals surface area contributed by atoms with Crippen LogP contribution < -0.4 is 4.72 Å². The molecule has 0 aliphatic rings. The number of hydrogen-bond acceptors (Lipinski definition) is 5. The topological polar surface area (TPSA) is 88.3 Å². The molecule has 2 aromatic rings. The Labute approximate surface area is 120 Å². The molecule has 8 heteroatoms. The minimum absolute atomic E-state index is 0.165. The van der Waals surface area contributed by atoms with E-state index in [1.807, 2.05) is 0 Å². The molecule has 0 bridgehead atoms. The third-order valence-corrected chi connectivity index (χ3v) is 5.50. The summed E-state index contributed by atoms with van der Waals surface area (Å²) in [6, 6.07) is 5.70. The molecular formula is C12H14N2O4S2. The Kier molecular flexibility index (Phi) is 4.58. The first-order valence-electron chi connectivity index (χ1n) is 5.79. The van der Waals surface area contributed by atoms with Crippen molar-refractivity contribution in [3.63, 3.8) is 0 Å². The summed E-state index contributed by atoms with van der Waals surface area (Å²) < 4.78 is 31.5. The molecule has 2 aromatic heterocycles. The average molecular weight is 314 g/mol. The molecule has 2 N–H and O–H groups in total. The number of carbonyl (C=O) groups excluding carboxylic acids is 1. The van der Waals surface area contributed by atoms with Gasteiger partial charge in [-0.05, 0) is 23.6 Å². The SMILES string of the molecule is COC(=O)C(Cc1ccc[nH]1)NS(=O)(=O)c1cccs1. The molecule has 6 nitrogen and oxygen atoms in total. The second kappa shape index (κ2) is 6.21. The third kappa shape index (κ3) is 3.47. The maximum atomic E-state index is 12.1. The zero-order valence-electron chi connectivity index (χ0n) is 10.7. The summed E-state index contributed by atoms with van der Waals surface area (Å²) in [5.41, 5.74) is 0.745. The van der Waals surface area contributed by atoms with Crippen molar-refractivity contribution in [3.05, 3.63) is 41.5 Å². The molecule has 0 radical (unpaired) electrons. The van der Waals surface area contributed by atoms with Crippen LogP contribution in [0.1, 0.15) is 5.69 Å². The van der Waals surface area contributed by atoms with Gasteiger partial charge in [0.2, 0.25) is 0 Å². The smallest absolute Gasteiger partial charge is 0.324 e. The fourth-order valence-electron chi connectivity index (χ4n) is 1.69. The Morgan fingerprint density at radius 1 is 1.45 bits per heavy atom. The summed E-state index contributed by atoms with van der Waals surface area (Å²) in [4.78, 5) is 14.7. The van der Waals surface area contributed by atoms with Crippen molar-refractivity contribution in [3.8, 4) is 0 Å². The molecule has 0 saturated carbocycles. The van der Waals surface area contributed by atoms with Gasteiger partial charge in [0.15, 0.2) is 0 Å². The summed E-state index contributed by atoms with van der Waals surface area (Å²) >= 11 is 1.09. The number of nitrogens with one attached hydrogen (secondary N) is 2. The van der Waals surface area contributed by atoms with Crippen molar-refractivity contribution in [1.82, 2.24) is 9.71 Å². The number of hydrogen-bond donors (Lipinski definition) is 2.